The first-order valence-corrected chi connectivity index (χ1v) is 30.1. The first kappa shape index (κ1) is 65.6. The van der Waals surface area contributed by atoms with Gasteiger partial charge in [0.1, 0.15) is 24.4 Å². The summed E-state index contributed by atoms with van der Waals surface area (Å²) in [5.41, 5.74) is 0. The molecule has 1 saturated heterocycles. The van der Waals surface area contributed by atoms with Crippen LogP contribution in [0.15, 0.2) is 24.3 Å². The van der Waals surface area contributed by atoms with Crippen molar-refractivity contribution in [3.05, 3.63) is 24.3 Å². The van der Waals surface area contributed by atoms with Crippen LogP contribution in [0, 0.1) is 0 Å². The minimum absolute atomic E-state index is 0.263. The van der Waals surface area contributed by atoms with Gasteiger partial charge in [0, 0.05) is 6.42 Å². The number of ether oxygens (including phenoxy) is 2. The summed E-state index contributed by atoms with van der Waals surface area (Å²) in [5.74, 6) is -0.263. The maximum Gasteiger partial charge on any atom is 0.397 e. The van der Waals surface area contributed by atoms with E-state index in [4.69, 9.17) is 9.47 Å². The van der Waals surface area contributed by atoms with Gasteiger partial charge in [-0.05, 0) is 44.9 Å². The molecule has 1 aliphatic rings. The van der Waals surface area contributed by atoms with E-state index in [0.29, 0.717) is 6.42 Å². The SMILES string of the molecule is CCCCCCCCCCCC/C=C\CCCCCCCCCC(=O)NC(COC1OC(CO)C(O)C(OS(=O)(=O)O)C1O)C(O)/C=C/CCCCCCCCCCCCCCCCCCCCC. The standard InChI is InChI=1S/C56H107NO11S/c1-3-5-7-9-11-13-15-17-19-21-23-25-27-29-31-33-35-37-39-41-43-45-50(59)49(48-66-56-54(62)55(68-69(63,64)65)53(61)51(47-58)67-56)57-52(60)46-44-42-40-38-36-34-32-30-28-26-24-22-20-18-16-14-12-10-8-6-4-2/h26,28,43,45,49-51,53-56,58-59,61-62H,3-25,27,29-42,44,46-48H2,1-2H3,(H,57,60)(H,63,64,65)/b28-26-,45-43+. The molecule has 0 aromatic carbocycles. The van der Waals surface area contributed by atoms with Crippen molar-refractivity contribution in [2.75, 3.05) is 13.2 Å². The van der Waals surface area contributed by atoms with Crippen LogP contribution in [-0.2, 0) is 28.9 Å². The van der Waals surface area contributed by atoms with Gasteiger partial charge in [0.25, 0.3) is 0 Å². The van der Waals surface area contributed by atoms with Gasteiger partial charge in [-0.2, -0.15) is 8.42 Å². The van der Waals surface area contributed by atoms with Crippen LogP contribution in [0.1, 0.15) is 271 Å². The molecule has 6 N–H and O–H groups in total. The molecule has 408 valence electrons. The van der Waals surface area contributed by atoms with Crippen molar-refractivity contribution in [3.8, 4) is 0 Å². The summed E-state index contributed by atoms with van der Waals surface area (Å²) in [7, 11) is -5.09. The normalized spacial score (nSPS) is 19.8. The Morgan fingerprint density at radius 1 is 0.565 bits per heavy atom. The number of aliphatic hydroxyl groups excluding tert-OH is 4. The Labute approximate surface area is 422 Å². The molecule has 0 bridgehead atoms. The van der Waals surface area contributed by atoms with Gasteiger partial charge < -0.3 is 35.2 Å². The van der Waals surface area contributed by atoms with E-state index in [1.807, 2.05) is 6.08 Å². The van der Waals surface area contributed by atoms with E-state index in [2.05, 4.69) is 35.5 Å². The molecule has 1 rings (SSSR count). The van der Waals surface area contributed by atoms with E-state index in [-0.39, 0.29) is 18.9 Å². The fourth-order valence-corrected chi connectivity index (χ4v) is 9.78. The topological polar surface area (TPSA) is 192 Å². The summed E-state index contributed by atoms with van der Waals surface area (Å²) in [6.07, 6.45) is 47.9. The summed E-state index contributed by atoms with van der Waals surface area (Å²) in [5, 5.41) is 45.0. The molecule has 69 heavy (non-hydrogen) atoms. The molecule has 0 aromatic rings. The van der Waals surface area contributed by atoms with E-state index in [9.17, 15) is 38.2 Å². The number of rotatable bonds is 50. The highest BCUT2D eigenvalue weighted by molar-refractivity contribution is 7.80. The van der Waals surface area contributed by atoms with E-state index in [1.54, 1.807) is 6.08 Å². The fraction of sp³-hybridized carbons (Fsp3) is 0.911. The van der Waals surface area contributed by atoms with Crippen molar-refractivity contribution < 1.29 is 51.8 Å². The molecule has 1 aliphatic heterocycles. The lowest BCUT2D eigenvalue weighted by atomic mass is 9.99. The molecule has 0 spiro atoms. The fourth-order valence-electron chi connectivity index (χ4n) is 9.28. The van der Waals surface area contributed by atoms with Gasteiger partial charge in [0.2, 0.25) is 5.91 Å². The first-order chi connectivity index (χ1) is 33.5. The highest BCUT2D eigenvalue weighted by Gasteiger charge is 2.48. The third-order valence-corrected chi connectivity index (χ3v) is 14.2. The van der Waals surface area contributed by atoms with Crippen LogP contribution in [0.4, 0.5) is 0 Å². The summed E-state index contributed by atoms with van der Waals surface area (Å²) in [4.78, 5) is 13.1. The number of nitrogens with one attached hydrogen (secondary N) is 1. The third kappa shape index (κ3) is 38.8. The van der Waals surface area contributed by atoms with Gasteiger partial charge in [-0.25, -0.2) is 4.18 Å². The van der Waals surface area contributed by atoms with Gasteiger partial charge in [-0.3, -0.25) is 9.35 Å². The molecule has 1 heterocycles. The second-order valence-corrected chi connectivity index (χ2v) is 21.3. The lowest BCUT2D eigenvalue weighted by molar-refractivity contribution is -0.298. The third-order valence-electron chi connectivity index (χ3n) is 13.7. The number of unbranched alkanes of at least 4 members (excludes halogenated alkanes) is 36. The van der Waals surface area contributed by atoms with Crippen LogP contribution in [0.2, 0.25) is 0 Å². The zero-order chi connectivity index (χ0) is 50.5. The van der Waals surface area contributed by atoms with Crippen molar-refractivity contribution in [3.63, 3.8) is 0 Å². The van der Waals surface area contributed by atoms with Crippen LogP contribution in [0.3, 0.4) is 0 Å². The van der Waals surface area contributed by atoms with Crippen molar-refractivity contribution in [1.29, 1.82) is 0 Å². The lowest BCUT2D eigenvalue weighted by Crippen LogP contribution is -2.61. The van der Waals surface area contributed by atoms with Crippen LogP contribution in [-0.4, -0.2) is 95.4 Å². The van der Waals surface area contributed by atoms with Crippen LogP contribution in [0.5, 0.6) is 0 Å². The Hall–Kier alpha value is -1.42. The zero-order valence-corrected chi connectivity index (χ0v) is 45.0. The average Bonchev–Trinajstić information content (AvgIpc) is 3.32. The predicted molar refractivity (Wildman–Crippen MR) is 282 cm³/mol. The molecular weight excluding hydrogens is 895 g/mol. The van der Waals surface area contributed by atoms with Gasteiger partial charge in [-0.1, -0.05) is 244 Å². The quantitative estimate of drug-likeness (QED) is 0.0193. The Kier molecular flexibility index (Phi) is 44.1. The Morgan fingerprint density at radius 3 is 1.30 bits per heavy atom. The van der Waals surface area contributed by atoms with Gasteiger partial charge >= 0.3 is 10.4 Å². The second-order valence-electron chi connectivity index (χ2n) is 20.2. The molecule has 7 unspecified atom stereocenters. The molecule has 1 amide bonds. The number of aliphatic hydroxyl groups is 4. The summed E-state index contributed by atoms with van der Waals surface area (Å²) in [6, 6.07) is -0.945. The highest BCUT2D eigenvalue weighted by Crippen LogP contribution is 2.26. The maximum absolute atomic E-state index is 13.1. The molecule has 7 atom stereocenters. The molecule has 1 fully saturated rings. The Morgan fingerprint density at radius 2 is 0.928 bits per heavy atom. The minimum atomic E-state index is -5.09. The molecule has 0 aliphatic carbocycles. The van der Waals surface area contributed by atoms with Gasteiger partial charge in [0.05, 0.1) is 25.4 Å². The summed E-state index contributed by atoms with van der Waals surface area (Å²) in [6.45, 7) is 3.43. The molecular formula is C56H107NO11S. The number of amides is 1. The molecule has 13 heteroatoms. The number of allylic oxidation sites excluding steroid dienone is 3. The van der Waals surface area contributed by atoms with Crippen molar-refractivity contribution in [2.24, 2.45) is 0 Å². The van der Waals surface area contributed by atoms with Crippen molar-refractivity contribution >= 4 is 16.3 Å². The first-order valence-electron chi connectivity index (χ1n) is 28.7. The van der Waals surface area contributed by atoms with Crippen molar-refractivity contribution in [1.82, 2.24) is 5.32 Å². The van der Waals surface area contributed by atoms with Crippen LogP contribution < -0.4 is 5.32 Å². The van der Waals surface area contributed by atoms with Crippen LogP contribution in [0.25, 0.3) is 0 Å². The monoisotopic (exact) mass is 1000 g/mol. The number of hydrogen-bond acceptors (Lipinski definition) is 10. The van der Waals surface area contributed by atoms with E-state index < -0.39 is 59.9 Å². The molecule has 12 nitrogen and oxygen atoms in total. The minimum Gasteiger partial charge on any atom is -0.394 e. The molecule has 0 saturated carbocycles. The second kappa shape index (κ2) is 46.4. The summed E-state index contributed by atoms with van der Waals surface area (Å²) >= 11 is 0. The van der Waals surface area contributed by atoms with Crippen molar-refractivity contribution in [2.45, 2.75) is 314 Å². The Bertz CT molecular complexity index is 1320. The lowest BCUT2D eigenvalue weighted by Gasteiger charge is -2.41. The van der Waals surface area contributed by atoms with E-state index in [1.165, 1.54) is 199 Å². The van der Waals surface area contributed by atoms with Crippen LogP contribution >= 0.6 is 0 Å². The number of hydrogen-bond donors (Lipinski definition) is 6. The summed E-state index contributed by atoms with van der Waals surface area (Å²) < 4.78 is 47.8. The van der Waals surface area contributed by atoms with E-state index >= 15 is 0 Å². The largest absolute Gasteiger partial charge is 0.397 e. The average molecular weight is 1000 g/mol. The van der Waals surface area contributed by atoms with Gasteiger partial charge in [0.15, 0.2) is 6.29 Å². The highest BCUT2D eigenvalue weighted by atomic mass is 32.3. The zero-order valence-electron chi connectivity index (χ0n) is 44.1. The predicted octanol–water partition coefficient (Wildman–Crippen LogP) is 13.2. The smallest absolute Gasteiger partial charge is 0.394 e. The van der Waals surface area contributed by atoms with E-state index in [0.717, 1.165) is 44.9 Å². The maximum atomic E-state index is 13.1. The molecule has 0 aromatic heterocycles. The number of carbonyl (C=O) groups is 1. The Balaban J connectivity index is 2.40. The molecule has 0 radical (unpaired) electrons. The van der Waals surface area contributed by atoms with Gasteiger partial charge in [-0.15, -0.1) is 0 Å². The number of carbonyl (C=O) groups excluding carboxylic acids is 1.